The van der Waals surface area contributed by atoms with Gasteiger partial charge in [-0.25, -0.2) is 0 Å². The van der Waals surface area contributed by atoms with E-state index in [0.29, 0.717) is 0 Å². The lowest BCUT2D eigenvalue weighted by atomic mass is 9.99. The summed E-state index contributed by atoms with van der Waals surface area (Å²) in [6.45, 7) is 10.2. The lowest BCUT2D eigenvalue weighted by Crippen LogP contribution is -2.27. The second-order valence-electron chi connectivity index (χ2n) is 5.87. The number of benzene rings is 2. The fraction of sp³-hybridized carbons (Fsp3) is 0.316. The highest BCUT2D eigenvalue weighted by atomic mass is 16.1. The minimum absolute atomic E-state index is 0.00176. The molecule has 1 amide bonds. The van der Waals surface area contributed by atoms with Crippen LogP contribution in [0.5, 0.6) is 0 Å². The normalized spacial score (nSPS) is 12.0. The zero-order valence-electron chi connectivity index (χ0n) is 13.4. The smallest absolute Gasteiger partial charge is 0.252 e. The minimum atomic E-state index is -0.0130. The van der Waals surface area contributed by atoms with Crippen LogP contribution in [-0.4, -0.2) is 5.91 Å². The number of carbonyl (C=O) groups is 1. The Morgan fingerprint density at radius 3 is 2.19 bits per heavy atom. The van der Waals surface area contributed by atoms with Gasteiger partial charge in [0.1, 0.15) is 0 Å². The van der Waals surface area contributed by atoms with Crippen molar-refractivity contribution in [2.24, 2.45) is 0 Å². The number of rotatable bonds is 3. The average Bonchev–Trinajstić information content (AvgIpc) is 2.41. The van der Waals surface area contributed by atoms with Crippen molar-refractivity contribution in [3.8, 4) is 0 Å². The Morgan fingerprint density at radius 1 is 0.905 bits per heavy atom. The van der Waals surface area contributed by atoms with Crippen LogP contribution in [0, 0.1) is 27.7 Å². The van der Waals surface area contributed by atoms with E-state index in [1.54, 1.807) is 0 Å². The van der Waals surface area contributed by atoms with E-state index >= 15 is 0 Å². The number of carbonyl (C=O) groups excluding carboxylic acids is 1. The van der Waals surface area contributed by atoms with Crippen molar-refractivity contribution >= 4 is 5.91 Å². The summed E-state index contributed by atoms with van der Waals surface area (Å²) < 4.78 is 0. The van der Waals surface area contributed by atoms with Crippen LogP contribution in [0.25, 0.3) is 0 Å². The lowest BCUT2D eigenvalue weighted by Gasteiger charge is -2.18. The molecule has 0 spiro atoms. The second kappa shape index (κ2) is 6.13. The summed E-state index contributed by atoms with van der Waals surface area (Å²) in [6.07, 6.45) is 0. The molecule has 0 aromatic heterocycles. The number of hydrogen-bond acceptors (Lipinski definition) is 1. The van der Waals surface area contributed by atoms with Gasteiger partial charge in [-0.3, -0.25) is 4.79 Å². The third-order valence-corrected chi connectivity index (χ3v) is 3.88. The van der Waals surface area contributed by atoms with Crippen molar-refractivity contribution < 1.29 is 4.79 Å². The third kappa shape index (κ3) is 3.52. The monoisotopic (exact) mass is 281 g/mol. The molecular weight excluding hydrogens is 258 g/mol. The standard InChI is InChI=1S/C19H23NO/c1-12-7-9-17(15(4)10-12)19(21)20-16(5)18-11-13(2)6-8-14(18)3/h6-11,16H,1-5H3,(H,20,21)/t16-/m1/s1. The van der Waals surface area contributed by atoms with E-state index in [-0.39, 0.29) is 11.9 Å². The van der Waals surface area contributed by atoms with Crippen LogP contribution in [0.4, 0.5) is 0 Å². The highest BCUT2D eigenvalue weighted by Crippen LogP contribution is 2.20. The van der Waals surface area contributed by atoms with Crippen molar-refractivity contribution in [1.82, 2.24) is 5.32 Å². The summed E-state index contributed by atoms with van der Waals surface area (Å²) in [5, 5.41) is 3.10. The first-order valence-electron chi connectivity index (χ1n) is 7.33. The summed E-state index contributed by atoms with van der Waals surface area (Å²) >= 11 is 0. The Kier molecular flexibility index (Phi) is 4.46. The van der Waals surface area contributed by atoms with E-state index in [1.807, 2.05) is 39.0 Å². The van der Waals surface area contributed by atoms with Crippen LogP contribution in [-0.2, 0) is 0 Å². The van der Waals surface area contributed by atoms with Gasteiger partial charge in [-0.05, 0) is 57.4 Å². The van der Waals surface area contributed by atoms with Gasteiger partial charge in [0.2, 0.25) is 0 Å². The lowest BCUT2D eigenvalue weighted by molar-refractivity contribution is 0.0939. The fourth-order valence-corrected chi connectivity index (χ4v) is 2.65. The van der Waals surface area contributed by atoms with Gasteiger partial charge >= 0.3 is 0 Å². The molecule has 0 unspecified atom stereocenters. The predicted molar refractivity (Wildman–Crippen MR) is 87.7 cm³/mol. The quantitative estimate of drug-likeness (QED) is 0.887. The topological polar surface area (TPSA) is 29.1 Å². The molecule has 0 bridgehead atoms. The Labute approximate surface area is 127 Å². The molecule has 2 aromatic rings. The Bertz CT molecular complexity index is 673. The van der Waals surface area contributed by atoms with E-state index in [9.17, 15) is 4.79 Å². The molecule has 0 aliphatic carbocycles. The predicted octanol–water partition coefficient (Wildman–Crippen LogP) is 4.41. The molecule has 110 valence electrons. The van der Waals surface area contributed by atoms with E-state index in [1.165, 1.54) is 22.3 Å². The van der Waals surface area contributed by atoms with Crippen molar-refractivity contribution in [3.63, 3.8) is 0 Å². The van der Waals surface area contributed by atoms with Crippen LogP contribution >= 0.6 is 0 Å². The summed E-state index contributed by atoms with van der Waals surface area (Å²) in [5.41, 5.74) is 6.52. The molecule has 0 heterocycles. The van der Waals surface area contributed by atoms with Crippen LogP contribution in [0.2, 0.25) is 0 Å². The third-order valence-electron chi connectivity index (χ3n) is 3.88. The molecule has 2 aromatic carbocycles. The van der Waals surface area contributed by atoms with E-state index in [0.717, 1.165) is 11.1 Å². The van der Waals surface area contributed by atoms with E-state index in [2.05, 4.69) is 37.4 Å². The van der Waals surface area contributed by atoms with Gasteiger partial charge in [-0.1, -0.05) is 41.5 Å². The molecule has 21 heavy (non-hydrogen) atoms. The Morgan fingerprint density at radius 2 is 1.52 bits per heavy atom. The van der Waals surface area contributed by atoms with Crippen LogP contribution in [0.3, 0.4) is 0 Å². The van der Waals surface area contributed by atoms with Crippen LogP contribution < -0.4 is 5.32 Å². The molecule has 2 heteroatoms. The largest absolute Gasteiger partial charge is 0.345 e. The summed E-state index contributed by atoms with van der Waals surface area (Å²) in [5.74, 6) is -0.0130. The first-order chi connectivity index (χ1) is 9.88. The summed E-state index contributed by atoms with van der Waals surface area (Å²) in [7, 11) is 0. The molecule has 1 N–H and O–H groups in total. The zero-order chi connectivity index (χ0) is 15.6. The average molecular weight is 281 g/mol. The first kappa shape index (κ1) is 15.3. The van der Waals surface area contributed by atoms with E-state index in [4.69, 9.17) is 0 Å². The second-order valence-corrected chi connectivity index (χ2v) is 5.87. The molecule has 1 atom stereocenters. The maximum Gasteiger partial charge on any atom is 0.252 e. The molecule has 0 aliphatic heterocycles. The van der Waals surface area contributed by atoms with Gasteiger partial charge in [0.05, 0.1) is 6.04 Å². The number of nitrogens with one attached hydrogen (secondary N) is 1. The van der Waals surface area contributed by atoms with Gasteiger partial charge in [0, 0.05) is 5.56 Å². The highest BCUT2D eigenvalue weighted by Gasteiger charge is 2.14. The van der Waals surface area contributed by atoms with Crippen molar-refractivity contribution in [1.29, 1.82) is 0 Å². The van der Waals surface area contributed by atoms with Crippen LogP contribution in [0.1, 0.15) is 51.1 Å². The molecule has 0 saturated heterocycles. The molecule has 2 nitrogen and oxygen atoms in total. The maximum absolute atomic E-state index is 12.4. The summed E-state index contributed by atoms with van der Waals surface area (Å²) in [6, 6.07) is 12.3. The van der Waals surface area contributed by atoms with Gasteiger partial charge in [-0.15, -0.1) is 0 Å². The SMILES string of the molecule is Cc1ccc(C(=O)N[C@H](C)c2cc(C)ccc2C)c(C)c1. The molecule has 0 fully saturated rings. The molecule has 2 rings (SSSR count). The molecular formula is C19H23NO. The molecule has 0 radical (unpaired) electrons. The number of aryl methyl sites for hydroxylation is 4. The number of hydrogen-bond donors (Lipinski definition) is 1. The highest BCUT2D eigenvalue weighted by molar-refractivity contribution is 5.95. The summed E-state index contributed by atoms with van der Waals surface area (Å²) in [4.78, 5) is 12.4. The fourth-order valence-electron chi connectivity index (χ4n) is 2.65. The Balaban J connectivity index is 2.20. The van der Waals surface area contributed by atoms with E-state index < -0.39 is 0 Å². The number of amides is 1. The molecule has 0 aliphatic rings. The maximum atomic E-state index is 12.4. The van der Waals surface area contributed by atoms with Crippen molar-refractivity contribution in [2.75, 3.05) is 0 Å². The van der Waals surface area contributed by atoms with Crippen molar-refractivity contribution in [3.05, 3.63) is 69.8 Å². The molecule has 0 saturated carbocycles. The first-order valence-corrected chi connectivity index (χ1v) is 7.33. The van der Waals surface area contributed by atoms with Gasteiger partial charge in [0.25, 0.3) is 5.91 Å². The minimum Gasteiger partial charge on any atom is -0.345 e. The van der Waals surface area contributed by atoms with Gasteiger partial charge < -0.3 is 5.32 Å². The zero-order valence-corrected chi connectivity index (χ0v) is 13.4. The van der Waals surface area contributed by atoms with Crippen molar-refractivity contribution in [2.45, 2.75) is 40.7 Å². The van der Waals surface area contributed by atoms with Gasteiger partial charge in [-0.2, -0.15) is 0 Å². The van der Waals surface area contributed by atoms with Crippen LogP contribution in [0.15, 0.2) is 36.4 Å². The Hall–Kier alpha value is -2.09. The van der Waals surface area contributed by atoms with Gasteiger partial charge in [0.15, 0.2) is 0 Å².